The van der Waals surface area contributed by atoms with E-state index in [2.05, 4.69) is 4.98 Å². The van der Waals surface area contributed by atoms with Gasteiger partial charge in [0, 0.05) is 34.1 Å². The van der Waals surface area contributed by atoms with Crippen LogP contribution in [0.4, 0.5) is 9.18 Å². The first kappa shape index (κ1) is 19.2. The van der Waals surface area contributed by atoms with Gasteiger partial charge in [0.15, 0.2) is 0 Å². The van der Waals surface area contributed by atoms with Crippen LogP contribution < -0.4 is 4.74 Å². The molecule has 3 rings (SSSR count). The molecule has 0 radical (unpaired) electrons. The molecule has 140 valence electrons. The van der Waals surface area contributed by atoms with Crippen molar-refractivity contribution in [2.24, 2.45) is 0 Å². The fourth-order valence-electron chi connectivity index (χ4n) is 2.42. The van der Waals surface area contributed by atoms with Crippen LogP contribution in [0.3, 0.4) is 0 Å². The highest BCUT2D eigenvalue weighted by Gasteiger charge is 2.18. The van der Waals surface area contributed by atoms with Gasteiger partial charge in [-0.15, -0.1) is 11.3 Å². The van der Waals surface area contributed by atoms with E-state index in [-0.39, 0.29) is 6.54 Å². The molecule has 0 bridgehead atoms. The molecule has 0 atom stereocenters. The first-order chi connectivity index (χ1) is 13.0. The first-order valence-corrected chi connectivity index (χ1v) is 9.61. The van der Waals surface area contributed by atoms with Crippen LogP contribution in [0.15, 0.2) is 57.8 Å². The summed E-state index contributed by atoms with van der Waals surface area (Å²) < 4.78 is 20.4. The van der Waals surface area contributed by atoms with Crippen molar-refractivity contribution in [2.45, 2.75) is 15.6 Å². The van der Waals surface area contributed by atoms with Gasteiger partial charge in [0.05, 0.1) is 17.9 Å². The maximum absolute atomic E-state index is 14.3. The standard InChI is InChI=1S/C19H17FN2O3S2/c1-22(19(23)24)11-14-10-16(15-7-4-8-21-17(15)20)18(27-14)26-13-6-3-5-12(9-13)25-2/h3-10H,11H2,1-2H3,(H,23,24). The van der Waals surface area contributed by atoms with Gasteiger partial charge in [0.2, 0.25) is 5.95 Å². The largest absolute Gasteiger partial charge is 0.497 e. The summed E-state index contributed by atoms with van der Waals surface area (Å²) in [6.45, 7) is 0.230. The number of benzene rings is 1. The van der Waals surface area contributed by atoms with E-state index in [0.717, 1.165) is 19.7 Å². The molecule has 0 saturated carbocycles. The van der Waals surface area contributed by atoms with Gasteiger partial charge in [-0.2, -0.15) is 4.39 Å². The van der Waals surface area contributed by atoms with Crippen LogP contribution >= 0.6 is 23.1 Å². The third kappa shape index (κ3) is 4.58. The van der Waals surface area contributed by atoms with Gasteiger partial charge in [0.1, 0.15) is 5.75 Å². The lowest BCUT2D eigenvalue weighted by molar-refractivity contribution is 0.154. The van der Waals surface area contributed by atoms with Crippen LogP contribution in [0.5, 0.6) is 5.75 Å². The number of methoxy groups -OCH3 is 1. The van der Waals surface area contributed by atoms with Gasteiger partial charge in [-0.25, -0.2) is 9.78 Å². The fourth-order valence-corrected chi connectivity index (χ4v) is 4.97. The van der Waals surface area contributed by atoms with E-state index in [1.165, 1.54) is 41.2 Å². The van der Waals surface area contributed by atoms with Gasteiger partial charge < -0.3 is 14.7 Å². The van der Waals surface area contributed by atoms with Crippen molar-refractivity contribution in [3.63, 3.8) is 0 Å². The van der Waals surface area contributed by atoms with Gasteiger partial charge in [-0.3, -0.25) is 0 Å². The van der Waals surface area contributed by atoms with Crippen molar-refractivity contribution in [1.29, 1.82) is 0 Å². The van der Waals surface area contributed by atoms with Gasteiger partial charge in [-0.1, -0.05) is 17.8 Å². The molecule has 1 amide bonds. The van der Waals surface area contributed by atoms with Crippen LogP contribution in [-0.4, -0.2) is 35.2 Å². The molecule has 2 aromatic heterocycles. The highest BCUT2D eigenvalue weighted by Crippen LogP contribution is 2.43. The van der Waals surface area contributed by atoms with E-state index in [1.54, 1.807) is 19.2 Å². The maximum atomic E-state index is 14.3. The average molecular weight is 404 g/mol. The van der Waals surface area contributed by atoms with Crippen LogP contribution in [0, 0.1) is 5.95 Å². The lowest BCUT2D eigenvalue weighted by Crippen LogP contribution is -2.23. The fraction of sp³-hybridized carbons (Fsp3) is 0.158. The Bertz CT molecular complexity index is 962. The molecule has 0 aliphatic carbocycles. The molecule has 3 aromatic rings. The summed E-state index contributed by atoms with van der Waals surface area (Å²) in [5.74, 6) is 0.178. The molecule has 0 spiro atoms. The minimum absolute atomic E-state index is 0.230. The zero-order valence-corrected chi connectivity index (χ0v) is 16.3. The summed E-state index contributed by atoms with van der Waals surface area (Å²) in [5.41, 5.74) is 1.09. The Kier molecular flexibility index (Phi) is 5.98. The van der Waals surface area contributed by atoms with Crippen molar-refractivity contribution in [3.8, 4) is 16.9 Å². The summed E-state index contributed by atoms with van der Waals surface area (Å²) in [6.07, 6.45) is 0.388. The molecular weight excluding hydrogens is 387 g/mol. The molecule has 0 aliphatic heterocycles. The number of rotatable bonds is 6. The van der Waals surface area contributed by atoms with E-state index >= 15 is 0 Å². The number of ether oxygens (including phenoxy) is 1. The van der Waals surface area contributed by atoms with E-state index < -0.39 is 12.0 Å². The Morgan fingerprint density at radius 2 is 2.11 bits per heavy atom. The Hall–Kier alpha value is -2.58. The van der Waals surface area contributed by atoms with Crippen molar-refractivity contribution in [2.75, 3.05) is 14.2 Å². The van der Waals surface area contributed by atoms with E-state index in [9.17, 15) is 9.18 Å². The van der Waals surface area contributed by atoms with E-state index in [1.807, 2.05) is 30.3 Å². The minimum Gasteiger partial charge on any atom is -0.497 e. The zero-order valence-electron chi connectivity index (χ0n) is 14.7. The normalized spacial score (nSPS) is 10.6. The lowest BCUT2D eigenvalue weighted by atomic mass is 10.1. The Morgan fingerprint density at radius 1 is 1.30 bits per heavy atom. The molecule has 5 nitrogen and oxygen atoms in total. The Morgan fingerprint density at radius 3 is 2.81 bits per heavy atom. The number of aromatic nitrogens is 1. The lowest BCUT2D eigenvalue weighted by Gasteiger charge is -2.10. The minimum atomic E-state index is -1.01. The Balaban J connectivity index is 2.00. The number of carboxylic acid groups (broad SMARTS) is 1. The van der Waals surface area contributed by atoms with Crippen molar-refractivity contribution in [1.82, 2.24) is 9.88 Å². The smallest absolute Gasteiger partial charge is 0.407 e. The van der Waals surface area contributed by atoms with Crippen LogP contribution in [-0.2, 0) is 6.54 Å². The second-order valence-electron chi connectivity index (χ2n) is 5.68. The molecule has 8 heteroatoms. The topological polar surface area (TPSA) is 62.7 Å². The number of halogens is 1. The van der Waals surface area contributed by atoms with Crippen LogP contribution in [0.2, 0.25) is 0 Å². The number of pyridine rings is 1. The van der Waals surface area contributed by atoms with Crippen molar-refractivity contribution >= 4 is 29.2 Å². The Labute approximate surface area is 164 Å². The highest BCUT2D eigenvalue weighted by molar-refractivity contribution is 8.01. The zero-order chi connectivity index (χ0) is 19.4. The predicted octanol–water partition coefficient (Wildman–Crippen LogP) is 5.22. The summed E-state index contributed by atoms with van der Waals surface area (Å²) in [4.78, 5) is 17.8. The monoisotopic (exact) mass is 404 g/mol. The van der Waals surface area contributed by atoms with Gasteiger partial charge >= 0.3 is 6.09 Å². The molecule has 27 heavy (non-hydrogen) atoms. The van der Waals surface area contributed by atoms with Crippen LogP contribution in [0.25, 0.3) is 11.1 Å². The van der Waals surface area contributed by atoms with Crippen molar-refractivity contribution in [3.05, 3.63) is 59.5 Å². The summed E-state index contributed by atoms with van der Waals surface area (Å²) in [6, 6.07) is 12.8. The maximum Gasteiger partial charge on any atom is 0.407 e. The van der Waals surface area contributed by atoms with Crippen molar-refractivity contribution < 1.29 is 19.0 Å². The molecule has 0 aliphatic rings. The average Bonchev–Trinajstić information content (AvgIpc) is 3.04. The molecular formula is C19H17FN2O3S2. The SMILES string of the molecule is COc1cccc(Sc2sc(CN(C)C(=O)O)cc2-c2cccnc2F)c1. The van der Waals surface area contributed by atoms with Gasteiger partial charge in [0.25, 0.3) is 0 Å². The first-order valence-electron chi connectivity index (χ1n) is 7.97. The summed E-state index contributed by atoms with van der Waals surface area (Å²) in [5, 5.41) is 9.11. The third-order valence-electron chi connectivity index (χ3n) is 3.77. The van der Waals surface area contributed by atoms with Crippen LogP contribution in [0.1, 0.15) is 4.88 Å². The third-order valence-corrected chi connectivity index (χ3v) is 6.08. The van der Waals surface area contributed by atoms with E-state index in [0.29, 0.717) is 11.1 Å². The number of nitrogens with zero attached hydrogens (tertiary/aromatic N) is 2. The second-order valence-corrected chi connectivity index (χ2v) is 8.15. The molecule has 1 aromatic carbocycles. The number of hydrogen-bond donors (Lipinski definition) is 1. The number of hydrogen-bond acceptors (Lipinski definition) is 5. The molecule has 0 unspecified atom stereocenters. The summed E-state index contributed by atoms with van der Waals surface area (Å²) in [7, 11) is 3.10. The summed E-state index contributed by atoms with van der Waals surface area (Å²) >= 11 is 2.92. The molecule has 2 heterocycles. The highest BCUT2D eigenvalue weighted by atomic mass is 32.2. The number of thiophene rings is 1. The molecule has 0 saturated heterocycles. The predicted molar refractivity (Wildman–Crippen MR) is 104 cm³/mol. The molecule has 1 N–H and O–H groups in total. The number of amides is 1. The quantitative estimate of drug-likeness (QED) is 0.571. The number of carbonyl (C=O) groups is 1. The van der Waals surface area contributed by atoms with E-state index in [4.69, 9.17) is 9.84 Å². The van der Waals surface area contributed by atoms with Gasteiger partial charge in [-0.05, 0) is 36.4 Å². The second kappa shape index (κ2) is 8.41. The molecule has 0 fully saturated rings.